The van der Waals surface area contributed by atoms with Crippen molar-refractivity contribution in [1.29, 1.82) is 0 Å². The maximum Gasteiger partial charge on any atom is 0.416 e. The Labute approximate surface area is 110 Å². The molecule has 106 valence electrons. The van der Waals surface area contributed by atoms with Gasteiger partial charge in [-0.2, -0.15) is 13.2 Å². The van der Waals surface area contributed by atoms with Crippen LogP contribution in [0.2, 0.25) is 0 Å². The predicted molar refractivity (Wildman–Crippen MR) is 66.5 cm³/mol. The predicted octanol–water partition coefficient (Wildman–Crippen LogP) is 2.95. The molecule has 1 fully saturated rings. The van der Waals surface area contributed by atoms with Gasteiger partial charge >= 0.3 is 6.18 Å². The van der Waals surface area contributed by atoms with Gasteiger partial charge in [-0.15, -0.1) is 0 Å². The third kappa shape index (κ3) is 2.77. The summed E-state index contributed by atoms with van der Waals surface area (Å²) in [6, 6.07) is 5.62. The zero-order chi connectivity index (χ0) is 14.3. The summed E-state index contributed by atoms with van der Waals surface area (Å²) in [4.78, 5) is 0. The molecule has 2 atom stereocenters. The monoisotopic (exact) mass is 273 g/mol. The average molecular weight is 273 g/mol. The fraction of sp³-hybridized carbons (Fsp3) is 0.571. The van der Waals surface area contributed by atoms with Crippen LogP contribution in [0.5, 0.6) is 0 Å². The first-order valence-electron chi connectivity index (χ1n) is 6.29. The molecule has 1 aliphatic rings. The largest absolute Gasteiger partial charge is 0.416 e. The molecule has 0 aromatic heterocycles. The van der Waals surface area contributed by atoms with E-state index in [4.69, 9.17) is 0 Å². The molecule has 0 aliphatic heterocycles. The van der Waals surface area contributed by atoms with E-state index in [1.165, 1.54) is 12.1 Å². The molecule has 19 heavy (non-hydrogen) atoms. The van der Waals surface area contributed by atoms with Crippen molar-refractivity contribution < 1.29 is 18.3 Å². The molecule has 0 saturated heterocycles. The number of aliphatic hydroxyl groups is 1. The molecule has 0 radical (unpaired) electrons. The molecule has 5 heteroatoms. The Bertz CT molecular complexity index is 456. The van der Waals surface area contributed by atoms with Gasteiger partial charge in [0.25, 0.3) is 0 Å². The molecule has 0 spiro atoms. The van der Waals surface area contributed by atoms with Crippen molar-refractivity contribution in [3.8, 4) is 0 Å². The zero-order valence-electron chi connectivity index (χ0n) is 11.0. The molecule has 1 saturated carbocycles. The lowest BCUT2D eigenvalue weighted by molar-refractivity contribution is -0.138. The minimum Gasteiger partial charge on any atom is -0.392 e. The van der Waals surface area contributed by atoms with Gasteiger partial charge < -0.3 is 10.4 Å². The number of halogens is 3. The minimum absolute atomic E-state index is 0.0452. The van der Waals surface area contributed by atoms with Crippen molar-refractivity contribution in [2.24, 2.45) is 5.41 Å². The molecule has 2 rings (SSSR count). The summed E-state index contributed by atoms with van der Waals surface area (Å²) in [5.41, 5.74) is -0.639. The van der Waals surface area contributed by atoms with E-state index in [0.29, 0.717) is 6.42 Å². The minimum atomic E-state index is -4.33. The fourth-order valence-electron chi connectivity index (χ4n) is 2.43. The Morgan fingerprint density at radius 1 is 1.32 bits per heavy atom. The van der Waals surface area contributed by atoms with E-state index < -0.39 is 11.7 Å². The molecule has 1 aromatic rings. The number of aliphatic hydroxyl groups excluding tert-OH is 1. The molecular formula is C14H18F3NO. The van der Waals surface area contributed by atoms with Crippen LogP contribution in [-0.4, -0.2) is 17.3 Å². The lowest BCUT2D eigenvalue weighted by Crippen LogP contribution is -2.59. The van der Waals surface area contributed by atoms with E-state index in [1.54, 1.807) is 6.07 Å². The standard InChI is InChI=1S/C14H18F3NO/c1-13(2)11(7-12(13)19)18-8-9-5-3-4-6-10(9)14(15,16)17/h3-6,11-12,18-19H,7-8H2,1-2H3. The SMILES string of the molecule is CC1(C)C(O)CC1NCc1ccccc1C(F)(F)F. The van der Waals surface area contributed by atoms with Crippen LogP contribution in [0.15, 0.2) is 24.3 Å². The normalized spacial score (nSPS) is 26.0. The Hall–Kier alpha value is -1.07. The van der Waals surface area contributed by atoms with Gasteiger partial charge in [0.1, 0.15) is 0 Å². The molecule has 1 aromatic carbocycles. The summed E-state index contributed by atoms with van der Waals surface area (Å²) >= 11 is 0. The number of nitrogens with one attached hydrogen (secondary N) is 1. The van der Waals surface area contributed by atoms with E-state index in [-0.39, 0.29) is 29.7 Å². The molecule has 0 bridgehead atoms. The van der Waals surface area contributed by atoms with Gasteiger partial charge in [0.05, 0.1) is 11.7 Å². The van der Waals surface area contributed by atoms with Gasteiger partial charge in [-0.25, -0.2) is 0 Å². The van der Waals surface area contributed by atoms with Crippen molar-refractivity contribution in [1.82, 2.24) is 5.32 Å². The second-order valence-electron chi connectivity index (χ2n) is 5.66. The highest BCUT2D eigenvalue weighted by Gasteiger charge is 2.47. The molecule has 0 heterocycles. The van der Waals surface area contributed by atoms with E-state index in [9.17, 15) is 18.3 Å². The van der Waals surface area contributed by atoms with E-state index in [2.05, 4.69) is 5.32 Å². The summed E-state index contributed by atoms with van der Waals surface area (Å²) in [6.45, 7) is 3.99. The molecule has 0 amide bonds. The molecule has 2 N–H and O–H groups in total. The smallest absolute Gasteiger partial charge is 0.392 e. The second kappa shape index (κ2) is 4.80. The summed E-state index contributed by atoms with van der Waals surface area (Å²) in [7, 11) is 0. The number of alkyl halides is 3. The molecule has 2 unspecified atom stereocenters. The summed E-state index contributed by atoms with van der Waals surface area (Å²) in [6.07, 6.45) is -4.13. The lowest BCUT2D eigenvalue weighted by atomic mass is 9.64. The Morgan fingerprint density at radius 3 is 2.47 bits per heavy atom. The number of benzene rings is 1. The summed E-state index contributed by atoms with van der Waals surface area (Å²) < 4.78 is 38.4. The van der Waals surface area contributed by atoms with Gasteiger partial charge in [0, 0.05) is 18.0 Å². The fourth-order valence-corrected chi connectivity index (χ4v) is 2.43. The van der Waals surface area contributed by atoms with Crippen LogP contribution in [-0.2, 0) is 12.7 Å². The van der Waals surface area contributed by atoms with Crippen molar-refractivity contribution in [3.63, 3.8) is 0 Å². The Morgan fingerprint density at radius 2 is 1.95 bits per heavy atom. The van der Waals surface area contributed by atoms with Crippen LogP contribution in [0.4, 0.5) is 13.2 Å². The van der Waals surface area contributed by atoms with Crippen molar-refractivity contribution in [2.45, 2.75) is 45.1 Å². The lowest BCUT2D eigenvalue weighted by Gasteiger charge is -2.49. The highest BCUT2D eigenvalue weighted by molar-refractivity contribution is 5.29. The first-order valence-corrected chi connectivity index (χ1v) is 6.29. The van der Waals surface area contributed by atoms with Crippen LogP contribution in [0, 0.1) is 5.41 Å². The van der Waals surface area contributed by atoms with Crippen LogP contribution in [0.1, 0.15) is 31.4 Å². The molecule has 2 nitrogen and oxygen atoms in total. The topological polar surface area (TPSA) is 32.3 Å². The number of hydrogen-bond donors (Lipinski definition) is 2. The Balaban J connectivity index is 2.05. The van der Waals surface area contributed by atoms with Gasteiger partial charge in [0.2, 0.25) is 0 Å². The van der Waals surface area contributed by atoms with Crippen molar-refractivity contribution in [3.05, 3.63) is 35.4 Å². The van der Waals surface area contributed by atoms with Crippen LogP contribution in [0.25, 0.3) is 0 Å². The quantitative estimate of drug-likeness (QED) is 0.887. The highest BCUT2D eigenvalue weighted by Crippen LogP contribution is 2.40. The van der Waals surface area contributed by atoms with E-state index >= 15 is 0 Å². The highest BCUT2D eigenvalue weighted by atomic mass is 19.4. The van der Waals surface area contributed by atoms with Gasteiger partial charge in [0.15, 0.2) is 0 Å². The maximum absolute atomic E-state index is 12.8. The molecule has 1 aliphatic carbocycles. The third-order valence-electron chi connectivity index (χ3n) is 4.08. The third-order valence-corrected chi connectivity index (χ3v) is 4.08. The number of hydrogen-bond acceptors (Lipinski definition) is 2. The number of rotatable bonds is 3. The van der Waals surface area contributed by atoms with Crippen LogP contribution in [0.3, 0.4) is 0 Å². The first-order chi connectivity index (χ1) is 8.73. The van der Waals surface area contributed by atoms with Gasteiger partial charge in [-0.3, -0.25) is 0 Å². The van der Waals surface area contributed by atoms with Crippen LogP contribution >= 0.6 is 0 Å². The summed E-state index contributed by atoms with van der Waals surface area (Å²) in [5, 5.41) is 12.7. The van der Waals surface area contributed by atoms with E-state index in [0.717, 1.165) is 6.07 Å². The van der Waals surface area contributed by atoms with Crippen LogP contribution < -0.4 is 5.32 Å². The van der Waals surface area contributed by atoms with Gasteiger partial charge in [-0.1, -0.05) is 32.0 Å². The van der Waals surface area contributed by atoms with Crippen molar-refractivity contribution >= 4 is 0 Å². The van der Waals surface area contributed by atoms with Gasteiger partial charge in [-0.05, 0) is 18.1 Å². The Kier molecular flexibility index (Phi) is 3.62. The first kappa shape index (κ1) is 14.3. The maximum atomic E-state index is 12.8. The van der Waals surface area contributed by atoms with E-state index in [1.807, 2.05) is 13.8 Å². The second-order valence-corrected chi connectivity index (χ2v) is 5.66. The summed E-state index contributed by atoms with van der Waals surface area (Å²) in [5.74, 6) is 0. The molecular weight excluding hydrogens is 255 g/mol. The average Bonchev–Trinajstić information content (AvgIpc) is 2.33. The van der Waals surface area contributed by atoms with Crippen molar-refractivity contribution in [2.75, 3.05) is 0 Å². The zero-order valence-corrected chi connectivity index (χ0v) is 11.0.